The molecule has 0 unspecified atom stereocenters. The Labute approximate surface area is 122 Å². The number of thioether (sulfide) groups is 1. The van der Waals surface area contributed by atoms with Gasteiger partial charge in [-0.15, -0.1) is 0 Å². The maximum Gasteiger partial charge on any atom is 0.193 e. The monoisotopic (exact) mass is 286 g/mol. The van der Waals surface area contributed by atoms with Crippen LogP contribution < -0.4 is 5.43 Å². The zero-order valence-electron chi connectivity index (χ0n) is 12.0. The average Bonchev–Trinajstić information content (AvgIpc) is 2.49. The Balaban J connectivity index is 0.000000704. The first-order chi connectivity index (χ1) is 9.79. The number of hydrogen-bond donors (Lipinski definition) is 0. The van der Waals surface area contributed by atoms with E-state index in [0.717, 1.165) is 16.5 Å². The molecular formula is C17H18O2S. The van der Waals surface area contributed by atoms with Crippen molar-refractivity contribution in [2.45, 2.75) is 25.9 Å². The average molecular weight is 286 g/mol. The fourth-order valence-corrected chi connectivity index (χ4v) is 2.69. The van der Waals surface area contributed by atoms with Gasteiger partial charge in [0.25, 0.3) is 0 Å². The van der Waals surface area contributed by atoms with Crippen LogP contribution in [-0.4, -0.2) is 5.75 Å². The first-order valence-corrected chi connectivity index (χ1v) is 7.86. The molecule has 0 aliphatic heterocycles. The lowest BCUT2D eigenvalue weighted by molar-refractivity contribution is 0.502. The van der Waals surface area contributed by atoms with Crippen LogP contribution in [0.25, 0.3) is 21.7 Å². The van der Waals surface area contributed by atoms with Crippen LogP contribution in [0.2, 0.25) is 0 Å². The van der Waals surface area contributed by atoms with Crippen molar-refractivity contribution in [3.63, 3.8) is 0 Å². The van der Waals surface area contributed by atoms with Crippen LogP contribution >= 0.6 is 11.8 Å². The summed E-state index contributed by atoms with van der Waals surface area (Å²) >= 11 is 1.55. The molecule has 2 nitrogen and oxygen atoms in total. The number of hydrogen-bond acceptors (Lipinski definition) is 3. The second kappa shape index (κ2) is 6.62. The first kappa shape index (κ1) is 14.7. The molecule has 3 heteroatoms. The Hall–Kier alpha value is -1.74. The molecule has 0 spiro atoms. The van der Waals surface area contributed by atoms with Crippen LogP contribution in [0.4, 0.5) is 0 Å². The summed E-state index contributed by atoms with van der Waals surface area (Å²) < 4.78 is 5.86. The first-order valence-electron chi connectivity index (χ1n) is 6.88. The van der Waals surface area contributed by atoms with E-state index in [1.807, 2.05) is 57.2 Å². The van der Waals surface area contributed by atoms with E-state index >= 15 is 0 Å². The Morgan fingerprint density at radius 2 is 1.80 bits per heavy atom. The molecule has 0 saturated heterocycles. The number of fused-ring (bicyclic) bond motifs is 3. The van der Waals surface area contributed by atoms with Gasteiger partial charge >= 0.3 is 0 Å². The van der Waals surface area contributed by atoms with E-state index in [0.29, 0.717) is 16.1 Å². The Morgan fingerprint density at radius 1 is 1.05 bits per heavy atom. The standard InChI is InChI=1S/C15H12O2S.C2H6/c1-2-18-14-9-13(16)12-8-7-10-5-3-4-6-11(10)15(12)17-14;1-2/h3-9H,2H2,1H3;1-2H3. The van der Waals surface area contributed by atoms with E-state index < -0.39 is 0 Å². The van der Waals surface area contributed by atoms with E-state index in [9.17, 15) is 4.79 Å². The summed E-state index contributed by atoms with van der Waals surface area (Å²) in [6.07, 6.45) is 0. The lowest BCUT2D eigenvalue weighted by atomic mass is 10.1. The molecule has 0 atom stereocenters. The summed E-state index contributed by atoms with van der Waals surface area (Å²) in [4.78, 5) is 12.0. The molecule has 0 saturated carbocycles. The number of benzene rings is 2. The van der Waals surface area contributed by atoms with Crippen LogP contribution in [0, 0.1) is 0 Å². The molecule has 104 valence electrons. The van der Waals surface area contributed by atoms with Crippen LogP contribution in [-0.2, 0) is 0 Å². The van der Waals surface area contributed by atoms with Crippen molar-refractivity contribution in [1.29, 1.82) is 0 Å². The summed E-state index contributed by atoms with van der Waals surface area (Å²) in [5, 5.41) is 3.41. The van der Waals surface area contributed by atoms with Crippen molar-refractivity contribution in [1.82, 2.24) is 0 Å². The molecule has 0 aliphatic carbocycles. The fraction of sp³-hybridized carbons (Fsp3) is 0.235. The molecule has 3 aromatic rings. The van der Waals surface area contributed by atoms with Crippen LogP contribution in [0.15, 0.2) is 56.8 Å². The third kappa shape index (κ3) is 2.73. The largest absolute Gasteiger partial charge is 0.449 e. The molecule has 0 amide bonds. The van der Waals surface area contributed by atoms with Crippen molar-refractivity contribution in [2.75, 3.05) is 5.75 Å². The third-order valence-corrected chi connectivity index (χ3v) is 3.66. The minimum atomic E-state index is 0.0259. The molecule has 0 fully saturated rings. The smallest absolute Gasteiger partial charge is 0.193 e. The van der Waals surface area contributed by atoms with Crippen LogP contribution in [0.1, 0.15) is 20.8 Å². The summed E-state index contributed by atoms with van der Waals surface area (Å²) in [5.41, 5.74) is 0.717. The van der Waals surface area contributed by atoms with Gasteiger partial charge in [-0.05, 0) is 17.2 Å². The molecule has 0 N–H and O–H groups in total. The minimum absolute atomic E-state index is 0.0259. The van der Waals surface area contributed by atoms with Gasteiger partial charge in [0.15, 0.2) is 10.5 Å². The molecule has 3 rings (SSSR count). The molecule has 20 heavy (non-hydrogen) atoms. The van der Waals surface area contributed by atoms with E-state index in [1.54, 1.807) is 17.8 Å². The van der Waals surface area contributed by atoms with Crippen molar-refractivity contribution < 1.29 is 4.42 Å². The van der Waals surface area contributed by atoms with Gasteiger partial charge < -0.3 is 4.42 Å². The second-order valence-corrected chi connectivity index (χ2v) is 5.29. The van der Waals surface area contributed by atoms with Crippen LogP contribution in [0.5, 0.6) is 0 Å². The lowest BCUT2D eigenvalue weighted by Gasteiger charge is -2.04. The van der Waals surface area contributed by atoms with Gasteiger partial charge in [0.1, 0.15) is 5.58 Å². The normalized spacial score (nSPS) is 10.3. The minimum Gasteiger partial charge on any atom is -0.449 e. The Kier molecular flexibility index (Phi) is 4.85. The quantitative estimate of drug-likeness (QED) is 0.486. The zero-order chi connectivity index (χ0) is 14.5. The SMILES string of the molecule is CC.CCSc1cc(=O)c2ccc3ccccc3c2o1. The second-order valence-electron chi connectivity index (χ2n) is 4.03. The molecule has 1 heterocycles. The van der Waals surface area contributed by atoms with E-state index in [1.165, 1.54) is 0 Å². The van der Waals surface area contributed by atoms with Crippen molar-refractivity contribution in [3.05, 3.63) is 52.7 Å². The van der Waals surface area contributed by atoms with Crippen molar-refractivity contribution in [2.24, 2.45) is 0 Å². The van der Waals surface area contributed by atoms with Gasteiger partial charge in [0, 0.05) is 11.5 Å². The molecule has 0 radical (unpaired) electrons. The lowest BCUT2D eigenvalue weighted by Crippen LogP contribution is -2.00. The molecule has 1 aromatic heterocycles. The highest BCUT2D eigenvalue weighted by Crippen LogP contribution is 2.27. The van der Waals surface area contributed by atoms with Gasteiger partial charge in [-0.1, -0.05) is 62.9 Å². The highest BCUT2D eigenvalue weighted by atomic mass is 32.2. The van der Waals surface area contributed by atoms with Crippen LogP contribution in [0.3, 0.4) is 0 Å². The predicted octanol–water partition coefficient (Wildman–Crippen LogP) is 5.08. The van der Waals surface area contributed by atoms with Gasteiger partial charge in [-0.3, -0.25) is 4.79 Å². The van der Waals surface area contributed by atoms with Gasteiger partial charge in [-0.25, -0.2) is 0 Å². The van der Waals surface area contributed by atoms with Gasteiger partial charge in [-0.2, -0.15) is 0 Å². The molecular weight excluding hydrogens is 268 g/mol. The third-order valence-electron chi connectivity index (χ3n) is 2.88. The topological polar surface area (TPSA) is 30.2 Å². The molecule has 2 aromatic carbocycles. The van der Waals surface area contributed by atoms with Gasteiger partial charge in [0.05, 0.1) is 5.39 Å². The fourth-order valence-electron chi connectivity index (χ4n) is 2.08. The Morgan fingerprint density at radius 3 is 2.55 bits per heavy atom. The summed E-state index contributed by atoms with van der Waals surface area (Å²) in [5.74, 6) is 0.888. The molecule has 0 bridgehead atoms. The van der Waals surface area contributed by atoms with Gasteiger partial charge in [0.2, 0.25) is 0 Å². The van der Waals surface area contributed by atoms with E-state index in [4.69, 9.17) is 4.42 Å². The summed E-state index contributed by atoms with van der Waals surface area (Å²) in [6, 6.07) is 13.3. The van der Waals surface area contributed by atoms with E-state index in [-0.39, 0.29) is 5.43 Å². The van der Waals surface area contributed by atoms with Crippen molar-refractivity contribution in [3.8, 4) is 0 Å². The Bertz CT molecular complexity index is 775. The summed E-state index contributed by atoms with van der Waals surface area (Å²) in [7, 11) is 0. The molecule has 0 aliphatic rings. The van der Waals surface area contributed by atoms with Crippen molar-refractivity contribution >= 4 is 33.5 Å². The highest BCUT2D eigenvalue weighted by molar-refractivity contribution is 7.99. The highest BCUT2D eigenvalue weighted by Gasteiger charge is 2.08. The maximum atomic E-state index is 12.0. The maximum absolute atomic E-state index is 12.0. The zero-order valence-corrected chi connectivity index (χ0v) is 12.8. The number of rotatable bonds is 2. The predicted molar refractivity (Wildman–Crippen MR) is 87.7 cm³/mol. The summed E-state index contributed by atoms with van der Waals surface area (Å²) in [6.45, 7) is 6.04. The van der Waals surface area contributed by atoms with E-state index in [2.05, 4.69) is 0 Å².